The standard InChI is InChI=1S/C8H17NO3/c1-6(2)8(9,5-12-3)4-7(10)11/h6H,4-5,9H2,1-3H3,(H,10,11). The minimum absolute atomic E-state index is 0.0570. The first kappa shape index (κ1) is 11.4. The molecule has 3 N–H and O–H groups in total. The van der Waals surface area contributed by atoms with Gasteiger partial charge >= 0.3 is 5.97 Å². The molecule has 0 heterocycles. The summed E-state index contributed by atoms with van der Waals surface area (Å²) in [7, 11) is 1.52. The Morgan fingerprint density at radius 3 is 2.42 bits per heavy atom. The van der Waals surface area contributed by atoms with Crippen LogP contribution in [-0.4, -0.2) is 30.3 Å². The highest BCUT2D eigenvalue weighted by Crippen LogP contribution is 2.18. The third kappa shape index (κ3) is 3.19. The van der Waals surface area contributed by atoms with Gasteiger partial charge in [-0.2, -0.15) is 0 Å². The molecule has 0 spiro atoms. The fourth-order valence-corrected chi connectivity index (χ4v) is 0.972. The smallest absolute Gasteiger partial charge is 0.305 e. The van der Waals surface area contributed by atoms with E-state index in [4.69, 9.17) is 15.6 Å². The number of aliphatic carboxylic acids is 1. The Kier molecular flexibility index (Phi) is 4.20. The zero-order chi connectivity index (χ0) is 9.78. The number of rotatable bonds is 5. The number of carboxylic acids is 1. The third-order valence-corrected chi connectivity index (χ3v) is 2.04. The van der Waals surface area contributed by atoms with Crippen LogP contribution in [0.5, 0.6) is 0 Å². The van der Waals surface area contributed by atoms with Crippen LogP contribution < -0.4 is 5.73 Å². The number of ether oxygens (including phenoxy) is 1. The number of nitrogens with two attached hydrogens (primary N) is 1. The minimum atomic E-state index is -0.886. The Labute approximate surface area is 72.7 Å². The number of hydrogen-bond donors (Lipinski definition) is 2. The van der Waals surface area contributed by atoms with Gasteiger partial charge < -0.3 is 15.6 Å². The summed E-state index contributed by atoms with van der Waals surface area (Å²) in [6.07, 6.45) is -0.0570. The van der Waals surface area contributed by atoms with Gasteiger partial charge in [0.1, 0.15) is 0 Å². The Balaban J connectivity index is 4.28. The van der Waals surface area contributed by atoms with E-state index in [1.807, 2.05) is 13.8 Å². The predicted molar refractivity (Wildman–Crippen MR) is 45.9 cm³/mol. The highest BCUT2D eigenvalue weighted by molar-refractivity contribution is 5.68. The highest BCUT2D eigenvalue weighted by atomic mass is 16.5. The molecule has 0 aromatic rings. The fraction of sp³-hybridized carbons (Fsp3) is 0.875. The quantitative estimate of drug-likeness (QED) is 0.636. The molecular formula is C8H17NO3. The van der Waals surface area contributed by atoms with Crippen LogP contribution >= 0.6 is 0 Å². The molecule has 0 aromatic carbocycles. The summed E-state index contributed by atoms with van der Waals surface area (Å²) < 4.78 is 4.88. The molecule has 0 fully saturated rings. The first-order valence-corrected chi connectivity index (χ1v) is 3.92. The van der Waals surface area contributed by atoms with Crippen molar-refractivity contribution in [3.63, 3.8) is 0 Å². The lowest BCUT2D eigenvalue weighted by Gasteiger charge is -2.31. The molecule has 0 bridgehead atoms. The van der Waals surface area contributed by atoms with Gasteiger partial charge in [-0.05, 0) is 5.92 Å². The SMILES string of the molecule is COCC(N)(CC(=O)O)C(C)C. The summed E-state index contributed by atoms with van der Waals surface area (Å²) in [5, 5.41) is 8.59. The molecule has 0 radical (unpaired) electrons. The van der Waals surface area contributed by atoms with Gasteiger partial charge in [-0.25, -0.2) is 0 Å². The van der Waals surface area contributed by atoms with Crippen LogP contribution in [0.15, 0.2) is 0 Å². The van der Waals surface area contributed by atoms with E-state index in [1.54, 1.807) is 0 Å². The lowest BCUT2D eigenvalue weighted by atomic mass is 9.85. The van der Waals surface area contributed by atoms with E-state index in [9.17, 15) is 4.79 Å². The first-order chi connectivity index (χ1) is 5.42. The molecule has 4 heteroatoms. The van der Waals surface area contributed by atoms with Crippen molar-refractivity contribution < 1.29 is 14.6 Å². The Morgan fingerprint density at radius 2 is 2.17 bits per heavy atom. The summed E-state index contributed by atoms with van der Waals surface area (Å²) in [6.45, 7) is 4.06. The van der Waals surface area contributed by atoms with Crippen LogP contribution in [0.1, 0.15) is 20.3 Å². The highest BCUT2D eigenvalue weighted by Gasteiger charge is 2.31. The predicted octanol–water partition coefficient (Wildman–Crippen LogP) is 0.461. The van der Waals surface area contributed by atoms with Crippen molar-refractivity contribution in [2.24, 2.45) is 11.7 Å². The fourth-order valence-electron chi connectivity index (χ4n) is 0.972. The Bertz CT molecular complexity index is 158. The van der Waals surface area contributed by atoms with Crippen molar-refractivity contribution in [1.29, 1.82) is 0 Å². The summed E-state index contributed by atoms with van der Waals surface area (Å²) in [4.78, 5) is 10.5. The molecule has 0 rings (SSSR count). The maximum atomic E-state index is 10.5. The van der Waals surface area contributed by atoms with E-state index in [0.717, 1.165) is 0 Å². The van der Waals surface area contributed by atoms with Crippen molar-refractivity contribution in [2.45, 2.75) is 25.8 Å². The van der Waals surface area contributed by atoms with E-state index in [1.165, 1.54) is 7.11 Å². The van der Waals surface area contributed by atoms with Crippen molar-refractivity contribution in [1.82, 2.24) is 0 Å². The first-order valence-electron chi connectivity index (χ1n) is 3.92. The normalized spacial score (nSPS) is 16.1. The average molecular weight is 175 g/mol. The van der Waals surface area contributed by atoms with Gasteiger partial charge in [-0.3, -0.25) is 4.79 Å². The lowest BCUT2D eigenvalue weighted by Crippen LogP contribution is -2.50. The summed E-state index contributed by atoms with van der Waals surface area (Å²) in [5.74, 6) is -0.795. The molecule has 1 unspecified atom stereocenters. The number of carbonyl (C=O) groups is 1. The zero-order valence-corrected chi connectivity index (χ0v) is 7.83. The average Bonchev–Trinajstić information content (AvgIpc) is 1.85. The number of carboxylic acid groups (broad SMARTS) is 1. The topological polar surface area (TPSA) is 72.5 Å². The Hall–Kier alpha value is -0.610. The van der Waals surface area contributed by atoms with Crippen molar-refractivity contribution >= 4 is 5.97 Å². The van der Waals surface area contributed by atoms with Crippen molar-refractivity contribution in [3.8, 4) is 0 Å². The van der Waals surface area contributed by atoms with Crippen LogP contribution in [-0.2, 0) is 9.53 Å². The molecule has 0 saturated heterocycles. The van der Waals surface area contributed by atoms with Crippen LogP contribution in [0.2, 0.25) is 0 Å². The lowest BCUT2D eigenvalue weighted by molar-refractivity contribution is -0.139. The van der Waals surface area contributed by atoms with Crippen molar-refractivity contribution in [2.75, 3.05) is 13.7 Å². The number of methoxy groups -OCH3 is 1. The van der Waals surface area contributed by atoms with E-state index in [2.05, 4.69) is 0 Å². The van der Waals surface area contributed by atoms with Gasteiger partial charge in [0.15, 0.2) is 0 Å². The van der Waals surface area contributed by atoms with Crippen molar-refractivity contribution in [3.05, 3.63) is 0 Å². The van der Waals surface area contributed by atoms with Crippen LogP contribution in [0.4, 0.5) is 0 Å². The molecule has 1 atom stereocenters. The second-order valence-electron chi connectivity index (χ2n) is 3.39. The maximum absolute atomic E-state index is 10.5. The van der Waals surface area contributed by atoms with Gasteiger partial charge in [0.25, 0.3) is 0 Å². The van der Waals surface area contributed by atoms with Gasteiger partial charge in [0, 0.05) is 7.11 Å². The Morgan fingerprint density at radius 1 is 1.67 bits per heavy atom. The molecular weight excluding hydrogens is 158 g/mol. The third-order valence-electron chi connectivity index (χ3n) is 2.04. The molecule has 0 aromatic heterocycles. The van der Waals surface area contributed by atoms with Gasteiger partial charge in [0.05, 0.1) is 18.6 Å². The second kappa shape index (κ2) is 4.42. The van der Waals surface area contributed by atoms with E-state index < -0.39 is 11.5 Å². The molecule has 72 valence electrons. The van der Waals surface area contributed by atoms with E-state index in [-0.39, 0.29) is 18.9 Å². The number of hydrogen-bond acceptors (Lipinski definition) is 3. The van der Waals surface area contributed by atoms with Crippen LogP contribution in [0.25, 0.3) is 0 Å². The molecule has 0 aliphatic rings. The summed E-state index contributed by atoms with van der Waals surface area (Å²) >= 11 is 0. The summed E-state index contributed by atoms with van der Waals surface area (Å²) in [5.41, 5.74) is 5.10. The van der Waals surface area contributed by atoms with E-state index >= 15 is 0 Å². The summed E-state index contributed by atoms with van der Waals surface area (Å²) in [6, 6.07) is 0. The van der Waals surface area contributed by atoms with Gasteiger partial charge in [0.2, 0.25) is 0 Å². The zero-order valence-electron chi connectivity index (χ0n) is 7.83. The van der Waals surface area contributed by atoms with E-state index in [0.29, 0.717) is 0 Å². The molecule has 0 saturated carbocycles. The second-order valence-corrected chi connectivity index (χ2v) is 3.39. The molecule has 4 nitrogen and oxygen atoms in total. The molecule has 0 aliphatic carbocycles. The molecule has 12 heavy (non-hydrogen) atoms. The van der Waals surface area contributed by atoms with Crippen LogP contribution in [0.3, 0.4) is 0 Å². The largest absolute Gasteiger partial charge is 0.481 e. The minimum Gasteiger partial charge on any atom is -0.481 e. The molecule has 0 aliphatic heterocycles. The monoisotopic (exact) mass is 175 g/mol. The van der Waals surface area contributed by atoms with Crippen LogP contribution in [0, 0.1) is 5.92 Å². The maximum Gasteiger partial charge on any atom is 0.305 e. The molecule has 0 amide bonds. The van der Waals surface area contributed by atoms with Gasteiger partial charge in [-0.15, -0.1) is 0 Å². The van der Waals surface area contributed by atoms with Gasteiger partial charge in [-0.1, -0.05) is 13.8 Å².